The quantitative estimate of drug-likeness (QED) is 0.234. The normalized spacial score (nSPS) is 12.1. The molecule has 2 amide bonds. The van der Waals surface area contributed by atoms with E-state index in [1.807, 2.05) is 13.8 Å². The van der Waals surface area contributed by atoms with Crippen LogP contribution >= 0.6 is 34.8 Å². The van der Waals surface area contributed by atoms with Gasteiger partial charge in [0.05, 0.1) is 15.6 Å². The first-order chi connectivity index (χ1) is 18.9. The number of rotatable bonds is 12. The Morgan fingerprint density at radius 2 is 1.62 bits per heavy atom. The van der Waals surface area contributed by atoms with Crippen LogP contribution in [0, 0.1) is 6.92 Å². The van der Waals surface area contributed by atoms with Crippen molar-refractivity contribution < 1.29 is 18.0 Å². The number of unbranched alkanes of at least 4 members (excludes halogenated alkanes) is 1. The van der Waals surface area contributed by atoms with Crippen LogP contribution in [0.5, 0.6) is 0 Å². The molecule has 3 aromatic rings. The molecule has 0 saturated carbocycles. The van der Waals surface area contributed by atoms with Gasteiger partial charge in [-0.3, -0.25) is 13.9 Å². The number of aryl methyl sites for hydroxylation is 1. The highest BCUT2D eigenvalue weighted by atomic mass is 35.5. The molecule has 40 heavy (non-hydrogen) atoms. The molecule has 0 fully saturated rings. The third kappa shape index (κ3) is 7.91. The lowest BCUT2D eigenvalue weighted by atomic mass is 10.1. The predicted molar refractivity (Wildman–Crippen MR) is 162 cm³/mol. The molecule has 1 atom stereocenters. The minimum absolute atomic E-state index is 0.0113. The van der Waals surface area contributed by atoms with Gasteiger partial charge in [-0.1, -0.05) is 84.0 Å². The van der Waals surface area contributed by atoms with Gasteiger partial charge >= 0.3 is 0 Å². The van der Waals surface area contributed by atoms with Gasteiger partial charge in [-0.2, -0.15) is 0 Å². The summed E-state index contributed by atoms with van der Waals surface area (Å²) in [6.45, 7) is 5.26. The Kier molecular flexibility index (Phi) is 11.3. The summed E-state index contributed by atoms with van der Waals surface area (Å²) in [4.78, 5) is 28.3. The van der Waals surface area contributed by atoms with Crippen molar-refractivity contribution in [2.75, 3.05) is 17.4 Å². The van der Waals surface area contributed by atoms with Gasteiger partial charge < -0.3 is 10.2 Å². The van der Waals surface area contributed by atoms with Gasteiger partial charge in [-0.05, 0) is 62.2 Å². The van der Waals surface area contributed by atoms with E-state index in [1.165, 1.54) is 35.2 Å². The van der Waals surface area contributed by atoms with Gasteiger partial charge in [-0.15, -0.1) is 0 Å². The van der Waals surface area contributed by atoms with E-state index in [4.69, 9.17) is 34.8 Å². The summed E-state index contributed by atoms with van der Waals surface area (Å²) in [5, 5.41) is 3.60. The van der Waals surface area contributed by atoms with Crippen LogP contribution in [-0.4, -0.2) is 44.3 Å². The van der Waals surface area contributed by atoms with E-state index < -0.39 is 28.5 Å². The van der Waals surface area contributed by atoms with Crippen molar-refractivity contribution in [2.24, 2.45) is 0 Å². The summed E-state index contributed by atoms with van der Waals surface area (Å²) < 4.78 is 28.7. The summed E-state index contributed by atoms with van der Waals surface area (Å²) in [5.41, 5.74) is 1.52. The number of carbonyl (C=O) groups is 2. The number of halogens is 3. The van der Waals surface area contributed by atoms with E-state index in [9.17, 15) is 18.0 Å². The highest BCUT2D eigenvalue weighted by molar-refractivity contribution is 7.92. The van der Waals surface area contributed by atoms with Crippen molar-refractivity contribution in [3.63, 3.8) is 0 Å². The Balaban J connectivity index is 2.05. The minimum atomic E-state index is -4.27. The number of hydrogen-bond acceptors (Lipinski definition) is 4. The molecule has 0 aromatic heterocycles. The van der Waals surface area contributed by atoms with Crippen molar-refractivity contribution in [3.05, 3.63) is 92.9 Å². The van der Waals surface area contributed by atoms with Gasteiger partial charge in [-0.25, -0.2) is 8.42 Å². The van der Waals surface area contributed by atoms with Crippen molar-refractivity contribution in [2.45, 2.75) is 51.1 Å². The van der Waals surface area contributed by atoms with Crippen LogP contribution in [0.2, 0.25) is 15.1 Å². The van der Waals surface area contributed by atoms with E-state index in [0.29, 0.717) is 17.1 Å². The lowest BCUT2D eigenvalue weighted by Gasteiger charge is -2.32. The van der Waals surface area contributed by atoms with Gasteiger partial charge in [0.2, 0.25) is 11.8 Å². The summed E-state index contributed by atoms with van der Waals surface area (Å²) >= 11 is 19.0. The van der Waals surface area contributed by atoms with E-state index in [-0.39, 0.29) is 33.1 Å². The number of nitrogens with one attached hydrogen (secondary N) is 1. The highest BCUT2D eigenvalue weighted by Crippen LogP contribution is 2.33. The topological polar surface area (TPSA) is 86.8 Å². The number of amides is 2. The van der Waals surface area contributed by atoms with Crippen LogP contribution in [0.4, 0.5) is 5.69 Å². The van der Waals surface area contributed by atoms with Gasteiger partial charge in [0.25, 0.3) is 10.0 Å². The molecule has 0 heterocycles. The third-order valence-electron chi connectivity index (χ3n) is 6.36. The molecule has 0 radical (unpaired) electrons. The molecule has 214 valence electrons. The van der Waals surface area contributed by atoms with Crippen molar-refractivity contribution in [1.82, 2.24) is 10.2 Å². The van der Waals surface area contributed by atoms with E-state index >= 15 is 0 Å². The van der Waals surface area contributed by atoms with E-state index in [0.717, 1.165) is 22.7 Å². The second kappa shape index (κ2) is 14.2. The zero-order chi connectivity index (χ0) is 29.4. The Morgan fingerprint density at radius 1 is 0.950 bits per heavy atom. The zero-order valence-electron chi connectivity index (χ0n) is 22.5. The largest absolute Gasteiger partial charge is 0.354 e. The summed E-state index contributed by atoms with van der Waals surface area (Å²) in [6.07, 6.45) is 1.68. The monoisotopic (exact) mass is 623 g/mol. The van der Waals surface area contributed by atoms with E-state index in [1.54, 1.807) is 43.3 Å². The second-order valence-electron chi connectivity index (χ2n) is 9.35. The van der Waals surface area contributed by atoms with Crippen molar-refractivity contribution in [3.8, 4) is 0 Å². The van der Waals surface area contributed by atoms with Crippen LogP contribution in [0.3, 0.4) is 0 Å². The number of benzene rings is 3. The van der Waals surface area contributed by atoms with E-state index in [2.05, 4.69) is 5.32 Å². The molecule has 0 aliphatic carbocycles. The smallest absolute Gasteiger partial charge is 0.264 e. The average Bonchev–Trinajstić information content (AvgIpc) is 2.92. The average molecular weight is 625 g/mol. The number of anilines is 1. The molecule has 0 aliphatic rings. The molecule has 3 rings (SSSR count). The third-order valence-corrected chi connectivity index (χ3v) is 9.06. The maximum Gasteiger partial charge on any atom is 0.264 e. The fraction of sp³-hybridized carbons (Fsp3) is 0.310. The Hall–Kier alpha value is -2.78. The standard InChI is InChI=1S/C29H32Cl3N3O4S/c1-4-5-16-33-29(37)21(3)34(18-22-8-6-7-9-25(22)31)28(36)19-35(27-17-23(30)12-15-26(27)32)40(38,39)24-13-10-20(2)11-14-24/h6-15,17,21H,4-5,16,18-19H2,1-3H3,(H,33,37)/t21-/m1/s1. The van der Waals surface area contributed by atoms with Crippen LogP contribution < -0.4 is 9.62 Å². The predicted octanol–water partition coefficient (Wildman–Crippen LogP) is 6.48. The maximum atomic E-state index is 14.0. The number of sulfonamides is 1. The second-order valence-corrected chi connectivity index (χ2v) is 12.5. The van der Waals surface area contributed by atoms with Crippen LogP contribution in [-0.2, 0) is 26.2 Å². The molecular weight excluding hydrogens is 593 g/mol. The fourth-order valence-corrected chi connectivity index (χ4v) is 6.01. The molecule has 7 nitrogen and oxygen atoms in total. The van der Waals surface area contributed by atoms with Crippen LogP contribution in [0.25, 0.3) is 0 Å². The number of nitrogens with zero attached hydrogens (tertiary/aromatic N) is 2. The zero-order valence-corrected chi connectivity index (χ0v) is 25.6. The molecule has 3 aromatic carbocycles. The molecule has 11 heteroatoms. The fourth-order valence-electron chi connectivity index (χ4n) is 3.96. The van der Waals surface area contributed by atoms with Crippen molar-refractivity contribution in [1.29, 1.82) is 0 Å². The molecule has 0 aliphatic heterocycles. The van der Waals surface area contributed by atoms with Gasteiger partial charge in [0, 0.05) is 23.1 Å². The summed E-state index contributed by atoms with van der Waals surface area (Å²) in [5.74, 6) is -0.979. The van der Waals surface area contributed by atoms with Crippen LogP contribution in [0.15, 0.2) is 71.6 Å². The summed E-state index contributed by atoms with van der Waals surface area (Å²) in [7, 11) is -4.27. The first kappa shape index (κ1) is 31.7. The Morgan fingerprint density at radius 3 is 2.27 bits per heavy atom. The minimum Gasteiger partial charge on any atom is -0.354 e. The first-order valence-electron chi connectivity index (χ1n) is 12.8. The molecule has 0 bridgehead atoms. The number of carbonyl (C=O) groups excluding carboxylic acids is 2. The SMILES string of the molecule is CCCCNC(=O)[C@@H](C)N(Cc1ccccc1Cl)C(=O)CN(c1cc(Cl)ccc1Cl)S(=O)(=O)c1ccc(C)cc1. The lowest BCUT2D eigenvalue weighted by Crippen LogP contribution is -2.51. The molecule has 0 unspecified atom stereocenters. The van der Waals surface area contributed by atoms with Crippen LogP contribution in [0.1, 0.15) is 37.8 Å². The Labute approximate surface area is 251 Å². The maximum absolute atomic E-state index is 14.0. The molecule has 0 spiro atoms. The first-order valence-corrected chi connectivity index (χ1v) is 15.4. The Bertz CT molecular complexity index is 1450. The highest BCUT2D eigenvalue weighted by Gasteiger charge is 2.33. The molecule has 1 N–H and O–H groups in total. The van der Waals surface area contributed by atoms with Crippen molar-refractivity contribution >= 4 is 62.3 Å². The lowest BCUT2D eigenvalue weighted by molar-refractivity contribution is -0.139. The molecule has 0 saturated heterocycles. The molecular formula is C29H32Cl3N3O4S. The number of hydrogen-bond donors (Lipinski definition) is 1. The van der Waals surface area contributed by atoms with Gasteiger partial charge in [0.15, 0.2) is 0 Å². The summed E-state index contributed by atoms with van der Waals surface area (Å²) in [6, 6.07) is 16.7. The van der Waals surface area contributed by atoms with Gasteiger partial charge in [0.1, 0.15) is 12.6 Å².